The zero-order valence-corrected chi connectivity index (χ0v) is 16.2. The largest absolute Gasteiger partial charge is 0.343 e. The molecule has 0 aliphatic rings. The van der Waals surface area contributed by atoms with Gasteiger partial charge in [-0.05, 0) is 42.8 Å². The van der Waals surface area contributed by atoms with Crippen molar-refractivity contribution in [1.82, 2.24) is 10.3 Å². The lowest BCUT2D eigenvalue weighted by Crippen LogP contribution is -2.33. The van der Waals surface area contributed by atoms with E-state index in [0.717, 1.165) is 10.0 Å². The number of hydrogen-bond acceptors (Lipinski definition) is 3. The monoisotopic (exact) mass is 431 g/mol. The molecular formula is C19H15BrClN3O2. The smallest absolute Gasteiger partial charge is 0.252 e. The van der Waals surface area contributed by atoms with Crippen molar-refractivity contribution in [2.45, 2.75) is 6.92 Å². The van der Waals surface area contributed by atoms with Crippen LogP contribution in [0.3, 0.4) is 0 Å². The molecule has 3 rings (SSSR count). The molecule has 26 heavy (non-hydrogen) atoms. The zero-order valence-electron chi connectivity index (χ0n) is 13.8. The Morgan fingerprint density at radius 2 is 1.92 bits per heavy atom. The molecule has 0 saturated heterocycles. The van der Waals surface area contributed by atoms with E-state index in [4.69, 9.17) is 11.6 Å². The van der Waals surface area contributed by atoms with Crippen molar-refractivity contribution in [3.63, 3.8) is 0 Å². The van der Waals surface area contributed by atoms with Crippen LogP contribution in [-0.2, 0) is 4.79 Å². The van der Waals surface area contributed by atoms with Crippen LogP contribution >= 0.6 is 27.5 Å². The number of pyridine rings is 1. The molecule has 5 nitrogen and oxygen atoms in total. The van der Waals surface area contributed by atoms with Gasteiger partial charge in [0, 0.05) is 15.5 Å². The van der Waals surface area contributed by atoms with Crippen LogP contribution in [-0.4, -0.2) is 23.3 Å². The van der Waals surface area contributed by atoms with Crippen molar-refractivity contribution in [3.8, 4) is 0 Å². The Labute approximate surface area is 163 Å². The predicted molar refractivity (Wildman–Crippen MR) is 107 cm³/mol. The maximum absolute atomic E-state index is 12.5. The van der Waals surface area contributed by atoms with Gasteiger partial charge in [0.1, 0.15) is 5.15 Å². The summed E-state index contributed by atoms with van der Waals surface area (Å²) in [6.07, 6.45) is 0. The Balaban J connectivity index is 1.70. The van der Waals surface area contributed by atoms with E-state index in [1.54, 1.807) is 18.2 Å². The topological polar surface area (TPSA) is 71.1 Å². The second-order valence-corrected chi connectivity index (χ2v) is 7.00. The molecule has 1 aromatic heterocycles. The Morgan fingerprint density at radius 1 is 1.15 bits per heavy atom. The number of aromatic nitrogens is 1. The molecule has 0 radical (unpaired) electrons. The minimum absolute atomic E-state index is 0.150. The standard InChI is InChI=1S/C19H15BrClN3O2/c1-11-8-12(20)6-7-15(11)24-18(25)10-22-19(26)14-9-17(21)23-16-5-3-2-4-13(14)16/h2-9H,10H2,1H3,(H,22,26)(H,24,25). The second-order valence-electron chi connectivity index (χ2n) is 5.70. The van der Waals surface area contributed by atoms with Crippen LogP contribution in [0.15, 0.2) is 53.0 Å². The zero-order chi connectivity index (χ0) is 18.7. The summed E-state index contributed by atoms with van der Waals surface area (Å²) in [6.45, 7) is 1.74. The number of halogens is 2. The molecule has 0 aliphatic carbocycles. The number of hydrogen-bond donors (Lipinski definition) is 2. The number of anilines is 1. The molecule has 0 aliphatic heterocycles. The van der Waals surface area contributed by atoms with Gasteiger partial charge in [-0.15, -0.1) is 0 Å². The summed E-state index contributed by atoms with van der Waals surface area (Å²) >= 11 is 9.37. The summed E-state index contributed by atoms with van der Waals surface area (Å²) in [5, 5.41) is 6.31. The van der Waals surface area contributed by atoms with Crippen molar-refractivity contribution < 1.29 is 9.59 Å². The van der Waals surface area contributed by atoms with E-state index >= 15 is 0 Å². The maximum Gasteiger partial charge on any atom is 0.252 e. The van der Waals surface area contributed by atoms with Gasteiger partial charge in [0.15, 0.2) is 0 Å². The lowest BCUT2D eigenvalue weighted by atomic mass is 10.1. The molecule has 0 atom stereocenters. The van der Waals surface area contributed by atoms with Gasteiger partial charge in [-0.2, -0.15) is 0 Å². The summed E-state index contributed by atoms with van der Waals surface area (Å²) in [6, 6.07) is 14.2. The first-order valence-electron chi connectivity index (χ1n) is 7.83. The third-order valence-electron chi connectivity index (χ3n) is 3.80. The number of carbonyl (C=O) groups excluding carboxylic acids is 2. The summed E-state index contributed by atoms with van der Waals surface area (Å²) in [5.41, 5.74) is 2.63. The van der Waals surface area contributed by atoms with Gasteiger partial charge in [-0.25, -0.2) is 4.98 Å². The fourth-order valence-corrected chi connectivity index (χ4v) is 3.22. The molecule has 0 spiro atoms. The average Bonchev–Trinajstić information content (AvgIpc) is 2.61. The van der Waals surface area contributed by atoms with Gasteiger partial charge in [-0.3, -0.25) is 9.59 Å². The van der Waals surface area contributed by atoms with E-state index in [0.29, 0.717) is 22.2 Å². The fraction of sp³-hybridized carbons (Fsp3) is 0.105. The number of para-hydroxylation sites is 1. The van der Waals surface area contributed by atoms with Crippen LogP contribution in [0.25, 0.3) is 10.9 Å². The summed E-state index contributed by atoms with van der Waals surface area (Å²) in [7, 11) is 0. The maximum atomic E-state index is 12.5. The molecular weight excluding hydrogens is 418 g/mol. The van der Waals surface area contributed by atoms with E-state index in [1.807, 2.05) is 31.2 Å². The number of fused-ring (bicyclic) bond motifs is 1. The van der Waals surface area contributed by atoms with Gasteiger partial charge < -0.3 is 10.6 Å². The van der Waals surface area contributed by atoms with Crippen LogP contribution in [0.4, 0.5) is 5.69 Å². The number of amides is 2. The average molecular weight is 433 g/mol. The highest BCUT2D eigenvalue weighted by Gasteiger charge is 2.14. The molecule has 7 heteroatoms. The van der Waals surface area contributed by atoms with Gasteiger partial charge in [0.2, 0.25) is 5.91 Å². The lowest BCUT2D eigenvalue weighted by molar-refractivity contribution is -0.115. The number of nitrogens with one attached hydrogen (secondary N) is 2. The molecule has 2 aromatic carbocycles. The number of benzene rings is 2. The molecule has 2 amide bonds. The predicted octanol–water partition coefficient (Wildman–Crippen LogP) is 4.33. The molecule has 2 N–H and O–H groups in total. The molecule has 3 aromatic rings. The van der Waals surface area contributed by atoms with Gasteiger partial charge >= 0.3 is 0 Å². The van der Waals surface area contributed by atoms with Crippen molar-refractivity contribution >= 4 is 55.9 Å². The lowest BCUT2D eigenvalue weighted by Gasteiger charge is -2.11. The van der Waals surface area contributed by atoms with Crippen molar-refractivity contribution in [2.75, 3.05) is 11.9 Å². The second kappa shape index (κ2) is 7.85. The van der Waals surface area contributed by atoms with Crippen molar-refractivity contribution in [1.29, 1.82) is 0 Å². The summed E-state index contributed by atoms with van der Waals surface area (Å²) in [4.78, 5) is 28.8. The third-order valence-corrected chi connectivity index (χ3v) is 4.49. The number of rotatable bonds is 4. The number of nitrogens with zero attached hydrogens (tertiary/aromatic N) is 1. The third kappa shape index (κ3) is 4.20. The molecule has 132 valence electrons. The molecule has 0 fully saturated rings. The van der Waals surface area contributed by atoms with Crippen LogP contribution in [0.1, 0.15) is 15.9 Å². The Hall–Kier alpha value is -2.44. The van der Waals surface area contributed by atoms with E-state index in [2.05, 4.69) is 31.5 Å². The Morgan fingerprint density at radius 3 is 2.69 bits per heavy atom. The van der Waals surface area contributed by atoms with E-state index in [1.165, 1.54) is 6.07 Å². The highest BCUT2D eigenvalue weighted by molar-refractivity contribution is 9.10. The Bertz CT molecular complexity index is 1010. The highest BCUT2D eigenvalue weighted by Crippen LogP contribution is 2.21. The molecule has 0 bridgehead atoms. The highest BCUT2D eigenvalue weighted by atomic mass is 79.9. The minimum atomic E-state index is -0.381. The quantitative estimate of drug-likeness (QED) is 0.603. The fourth-order valence-electron chi connectivity index (χ4n) is 2.55. The van der Waals surface area contributed by atoms with Crippen molar-refractivity contribution in [2.24, 2.45) is 0 Å². The summed E-state index contributed by atoms with van der Waals surface area (Å²) in [5.74, 6) is -0.693. The first-order valence-corrected chi connectivity index (χ1v) is 9.00. The van der Waals surface area contributed by atoms with Gasteiger partial charge in [0.05, 0.1) is 17.6 Å². The first-order chi connectivity index (χ1) is 12.4. The minimum Gasteiger partial charge on any atom is -0.343 e. The number of aryl methyl sites for hydroxylation is 1. The normalized spacial score (nSPS) is 10.6. The van der Waals surface area contributed by atoms with E-state index < -0.39 is 0 Å². The van der Waals surface area contributed by atoms with Crippen LogP contribution in [0.2, 0.25) is 5.15 Å². The van der Waals surface area contributed by atoms with Gasteiger partial charge in [-0.1, -0.05) is 45.7 Å². The Kier molecular flexibility index (Phi) is 5.54. The van der Waals surface area contributed by atoms with E-state index in [-0.39, 0.29) is 23.5 Å². The van der Waals surface area contributed by atoms with Crippen LogP contribution in [0.5, 0.6) is 0 Å². The summed E-state index contributed by atoms with van der Waals surface area (Å²) < 4.78 is 0.933. The van der Waals surface area contributed by atoms with Crippen LogP contribution < -0.4 is 10.6 Å². The first kappa shape index (κ1) is 18.4. The molecule has 1 heterocycles. The number of carbonyl (C=O) groups is 2. The molecule has 0 unspecified atom stereocenters. The SMILES string of the molecule is Cc1cc(Br)ccc1NC(=O)CNC(=O)c1cc(Cl)nc2ccccc12. The van der Waals surface area contributed by atoms with E-state index in [9.17, 15) is 9.59 Å². The molecule has 0 saturated carbocycles. The van der Waals surface area contributed by atoms with Crippen molar-refractivity contribution in [3.05, 3.63) is 69.3 Å². The van der Waals surface area contributed by atoms with Crippen LogP contribution in [0, 0.1) is 6.92 Å². The van der Waals surface area contributed by atoms with Gasteiger partial charge in [0.25, 0.3) is 5.91 Å².